The Labute approximate surface area is 171 Å². The fourth-order valence-corrected chi connectivity index (χ4v) is 3.09. The van der Waals surface area contributed by atoms with E-state index in [4.69, 9.17) is 9.47 Å². The molecule has 27 heavy (non-hydrogen) atoms. The topological polar surface area (TPSA) is 18.5 Å². The molecule has 0 spiro atoms. The average molecular weight is 386 g/mol. The van der Waals surface area contributed by atoms with E-state index in [-0.39, 0.29) is 0 Å². The van der Waals surface area contributed by atoms with Gasteiger partial charge in [-0.25, -0.2) is 0 Å². The van der Waals surface area contributed by atoms with Crippen LogP contribution in [0.3, 0.4) is 0 Å². The Balaban J connectivity index is 3.80. The van der Waals surface area contributed by atoms with E-state index in [1.165, 1.54) is 77.0 Å². The van der Waals surface area contributed by atoms with E-state index in [1.54, 1.807) is 0 Å². The van der Waals surface area contributed by atoms with Gasteiger partial charge in [0, 0.05) is 25.6 Å². The van der Waals surface area contributed by atoms with Crippen LogP contribution >= 0.6 is 0 Å². The van der Waals surface area contributed by atoms with Crippen molar-refractivity contribution in [3.8, 4) is 0 Å². The van der Waals surface area contributed by atoms with Crippen LogP contribution in [0, 0.1) is 12.3 Å². The number of quaternary nitrogens is 1. The van der Waals surface area contributed by atoms with E-state index in [0.29, 0.717) is 5.92 Å². The van der Waals surface area contributed by atoms with Crippen LogP contribution in [0.15, 0.2) is 0 Å². The van der Waals surface area contributed by atoms with Gasteiger partial charge in [0.05, 0.1) is 40.9 Å². The van der Waals surface area contributed by atoms with Gasteiger partial charge in [-0.15, -0.1) is 0 Å². The van der Waals surface area contributed by atoms with E-state index in [2.05, 4.69) is 41.4 Å². The standard InChI is InChI=1S/C24H51NO2/c1-6-8-10-12-14-16-20-26-22-24(18-19-25(3,4)5)23-27-21-17-15-13-11-9-7-2/h18,24H,6-17,19-23H2,1-5H3/q+1. The lowest BCUT2D eigenvalue weighted by Gasteiger charge is -2.26. The van der Waals surface area contributed by atoms with Gasteiger partial charge >= 0.3 is 0 Å². The highest BCUT2D eigenvalue weighted by Gasteiger charge is 2.15. The summed E-state index contributed by atoms with van der Waals surface area (Å²) in [7, 11) is 6.71. The van der Waals surface area contributed by atoms with Crippen LogP contribution in [0.5, 0.6) is 0 Å². The molecule has 3 nitrogen and oxygen atoms in total. The van der Waals surface area contributed by atoms with Crippen LogP contribution in [0.4, 0.5) is 0 Å². The van der Waals surface area contributed by atoms with Crippen molar-refractivity contribution in [1.82, 2.24) is 0 Å². The van der Waals surface area contributed by atoms with Crippen LogP contribution in [-0.4, -0.2) is 58.6 Å². The van der Waals surface area contributed by atoms with E-state index in [0.717, 1.165) is 37.5 Å². The highest BCUT2D eigenvalue weighted by Crippen LogP contribution is 2.10. The molecule has 0 saturated heterocycles. The number of rotatable bonds is 21. The van der Waals surface area contributed by atoms with Gasteiger partial charge < -0.3 is 14.0 Å². The van der Waals surface area contributed by atoms with E-state index in [9.17, 15) is 0 Å². The Kier molecular flexibility index (Phi) is 19.1. The molecule has 0 fully saturated rings. The second-order valence-corrected chi connectivity index (χ2v) is 9.15. The van der Waals surface area contributed by atoms with Crippen molar-refractivity contribution in [3.05, 3.63) is 6.42 Å². The fraction of sp³-hybridized carbons (Fsp3) is 0.958. The van der Waals surface area contributed by atoms with Crippen molar-refractivity contribution in [3.63, 3.8) is 0 Å². The highest BCUT2D eigenvalue weighted by atomic mass is 16.5. The summed E-state index contributed by atoms with van der Waals surface area (Å²) in [6, 6.07) is 0. The van der Waals surface area contributed by atoms with Crippen LogP contribution in [-0.2, 0) is 9.47 Å². The maximum Gasteiger partial charge on any atom is 0.0818 e. The maximum atomic E-state index is 5.97. The molecule has 0 aromatic carbocycles. The average Bonchev–Trinajstić information content (AvgIpc) is 2.62. The smallest absolute Gasteiger partial charge is 0.0818 e. The zero-order valence-corrected chi connectivity index (χ0v) is 19.4. The van der Waals surface area contributed by atoms with Gasteiger partial charge in [0.1, 0.15) is 0 Å². The second kappa shape index (κ2) is 19.2. The highest BCUT2D eigenvalue weighted by molar-refractivity contribution is 4.75. The Hall–Kier alpha value is -0.120. The lowest BCUT2D eigenvalue weighted by Crippen LogP contribution is -2.37. The van der Waals surface area contributed by atoms with Crippen molar-refractivity contribution < 1.29 is 14.0 Å². The predicted octanol–water partition coefficient (Wildman–Crippen LogP) is 6.27. The minimum Gasteiger partial charge on any atom is -0.381 e. The summed E-state index contributed by atoms with van der Waals surface area (Å²) >= 11 is 0. The minimum atomic E-state index is 0.419. The molecule has 0 aromatic heterocycles. The number of hydrogen-bond donors (Lipinski definition) is 0. The minimum absolute atomic E-state index is 0.419. The second-order valence-electron chi connectivity index (χ2n) is 9.15. The Morgan fingerprint density at radius 2 is 1.04 bits per heavy atom. The van der Waals surface area contributed by atoms with Crippen LogP contribution in [0.1, 0.15) is 90.9 Å². The molecule has 1 radical (unpaired) electrons. The summed E-state index contributed by atoms with van der Waals surface area (Å²) in [5.41, 5.74) is 0. The van der Waals surface area contributed by atoms with E-state index in [1.807, 2.05) is 0 Å². The molecule has 0 rings (SSSR count). The normalized spacial score (nSPS) is 12.2. The molecule has 0 atom stereocenters. The molecule has 0 amide bonds. The largest absolute Gasteiger partial charge is 0.381 e. The van der Waals surface area contributed by atoms with Crippen LogP contribution in [0.2, 0.25) is 0 Å². The summed E-state index contributed by atoms with van der Waals surface area (Å²) in [4.78, 5) is 0. The van der Waals surface area contributed by atoms with Crippen molar-refractivity contribution in [2.75, 3.05) is 54.1 Å². The van der Waals surface area contributed by atoms with Crippen molar-refractivity contribution in [1.29, 1.82) is 0 Å². The molecule has 0 aromatic rings. The van der Waals surface area contributed by atoms with E-state index >= 15 is 0 Å². The number of hydrogen-bond acceptors (Lipinski definition) is 2. The number of unbranched alkanes of at least 4 members (excludes halogenated alkanes) is 10. The Morgan fingerprint density at radius 3 is 1.44 bits per heavy atom. The predicted molar refractivity (Wildman–Crippen MR) is 119 cm³/mol. The molecule has 0 N–H and O–H groups in total. The molecular weight excluding hydrogens is 334 g/mol. The third-order valence-corrected chi connectivity index (χ3v) is 4.93. The molecular formula is C24H51NO2+. The van der Waals surface area contributed by atoms with Crippen LogP contribution < -0.4 is 0 Å². The third-order valence-electron chi connectivity index (χ3n) is 4.93. The molecule has 0 saturated carbocycles. The van der Waals surface area contributed by atoms with Gasteiger partial charge in [-0.2, -0.15) is 0 Å². The summed E-state index contributed by atoms with van der Waals surface area (Å²) < 4.78 is 12.9. The van der Waals surface area contributed by atoms with Gasteiger partial charge in [0.15, 0.2) is 0 Å². The van der Waals surface area contributed by atoms with Gasteiger partial charge in [0.2, 0.25) is 0 Å². The molecule has 0 unspecified atom stereocenters. The first-order chi connectivity index (χ1) is 13.0. The third kappa shape index (κ3) is 22.0. The maximum absolute atomic E-state index is 5.97. The Bertz CT molecular complexity index is 269. The molecule has 3 heteroatoms. The molecule has 0 aliphatic rings. The van der Waals surface area contributed by atoms with Gasteiger partial charge in [-0.1, -0.05) is 78.1 Å². The van der Waals surface area contributed by atoms with Crippen molar-refractivity contribution in [2.45, 2.75) is 90.9 Å². The first kappa shape index (κ1) is 26.9. The monoisotopic (exact) mass is 385 g/mol. The number of nitrogens with zero attached hydrogens (tertiary/aromatic N) is 1. The first-order valence-electron chi connectivity index (χ1n) is 11.8. The first-order valence-corrected chi connectivity index (χ1v) is 11.8. The lowest BCUT2D eigenvalue weighted by atomic mass is 10.1. The van der Waals surface area contributed by atoms with Gasteiger partial charge in [0.25, 0.3) is 0 Å². The molecule has 0 aliphatic carbocycles. The van der Waals surface area contributed by atoms with Crippen molar-refractivity contribution >= 4 is 0 Å². The molecule has 163 valence electrons. The summed E-state index contributed by atoms with van der Waals surface area (Å²) in [6.07, 6.45) is 18.3. The molecule has 0 heterocycles. The van der Waals surface area contributed by atoms with E-state index < -0.39 is 0 Å². The summed E-state index contributed by atoms with van der Waals surface area (Å²) in [6.45, 7) is 9.02. The molecule has 0 aliphatic heterocycles. The summed E-state index contributed by atoms with van der Waals surface area (Å²) in [5.74, 6) is 0.419. The lowest BCUT2D eigenvalue weighted by molar-refractivity contribution is -0.866. The zero-order chi connectivity index (χ0) is 20.2. The summed E-state index contributed by atoms with van der Waals surface area (Å²) in [5, 5.41) is 0. The SMILES string of the molecule is CCCCCCCCOCC([CH]C[N+](C)(C)C)COCCCCCCCC. The van der Waals surface area contributed by atoms with Gasteiger partial charge in [-0.3, -0.25) is 0 Å². The van der Waals surface area contributed by atoms with Crippen LogP contribution in [0.25, 0.3) is 0 Å². The van der Waals surface area contributed by atoms with Gasteiger partial charge in [-0.05, 0) is 12.8 Å². The zero-order valence-electron chi connectivity index (χ0n) is 19.4. The number of ether oxygens (including phenoxy) is 2. The van der Waals surface area contributed by atoms with Crippen molar-refractivity contribution in [2.24, 2.45) is 5.92 Å². The quantitative estimate of drug-likeness (QED) is 0.171. The Morgan fingerprint density at radius 1 is 0.630 bits per heavy atom. The molecule has 0 bridgehead atoms. The fourth-order valence-electron chi connectivity index (χ4n) is 3.09.